The molecule has 0 fully saturated rings. The summed E-state index contributed by atoms with van der Waals surface area (Å²) in [6.07, 6.45) is 0.625. The van der Waals surface area contributed by atoms with Gasteiger partial charge < -0.3 is 10.8 Å². The zero-order chi connectivity index (χ0) is 3.41. The molecule has 0 aromatic rings. The van der Waals surface area contributed by atoms with E-state index in [4.69, 9.17) is 4.79 Å². The summed E-state index contributed by atoms with van der Waals surface area (Å²) in [5.74, 6) is 0. The number of carbonyl (C=O) groups excluding carboxylic acids is 1. The van der Waals surface area contributed by atoms with Gasteiger partial charge in [0.25, 0.3) is 0 Å². The van der Waals surface area contributed by atoms with Gasteiger partial charge in [-0.25, -0.2) is 0 Å². The number of hydrogen-bond acceptors (Lipinski definition) is 1. The van der Waals surface area contributed by atoms with Gasteiger partial charge in [0.15, 0.2) is 0 Å². The first-order chi connectivity index (χ1) is 1.91. The molecule has 0 saturated heterocycles. The van der Waals surface area contributed by atoms with Crippen molar-refractivity contribution < 1.29 is 10.3 Å². The van der Waals surface area contributed by atoms with E-state index in [0.29, 0.717) is 6.41 Å². The van der Waals surface area contributed by atoms with Gasteiger partial charge in [0.1, 0.15) is 0 Å². The zero-order valence-electron chi connectivity index (χ0n) is 2.99. The SMILES string of the molecule is CNC=O.O.[LiH]. The molecular formula is C2H8LiNO2. The van der Waals surface area contributed by atoms with Crippen LogP contribution in [0.25, 0.3) is 0 Å². The Morgan fingerprint density at radius 1 is 1.67 bits per heavy atom. The van der Waals surface area contributed by atoms with E-state index in [0.717, 1.165) is 0 Å². The van der Waals surface area contributed by atoms with Crippen molar-refractivity contribution in [2.45, 2.75) is 0 Å². The molecule has 6 heavy (non-hydrogen) atoms. The van der Waals surface area contributed by atoms with E-state index < -0.39 is 0 Å². The molecule has 0 unspecified atom stereocenters. The van der Waals surface area contributed by atoms with Gasteiger partial charge in [-0.05, 0) is 0 Å². The van der Waals surface area contributed by atoms with Gasteiger partial charge in [-0.15, -0.1) is 0 Å². The van der Waals surface area contributed by atoms with Crippen LogP contribution in [0.4, 0.5) is 0 Å². The molecule has 0 bridgehead atoms. The van der Waals surface area contributed by atoms with Crippen molar-refractivity contribution in [3.8, 4) is 0 Å². The average Bonchev–Trinajstić information content (AvgIpc) is 1.37. The number of amides is 1. The number of rotatable bonds is 1. The van der Waals surface area contributed by atoms with E-state index in [-0.39, 0.29) is 24.3 Å². The molecule has 3 N–H and O–H groups in total. The molecule has 0 heterocycles. The van der Waals surface area contributed by atoms with Crippen LogP contribution in [0.5, 0.6) is 0 Å². The maximum absolute atomic E-state index is 9.06. The van der Waals surface area contributed by atoms with Crippen LogP contribution in [0.3, 0.4) is 0 Å². The molecule has 1 amide bonds. The first kappa shape index (κ1) is 16.6. The van der Waals surface area contributed by atoms with Crippen molar-refractivity contribution in [1.29, 1.82) is 0 Å². The summed E-state index contributed by atoms with van der Waals surface area (Å²) in [5.41, 5.74) is 0. The van der Waals surface area contributed by atoms with Crippen LogP contribution < -0.4 is 5.32 Å². The second-order valence-corrected chi connectivity index (χ2v) is 0.407. The third-order valence-electron chi connectivity index (χ3n) is 0.118. The van der Waals surface area contributed by atoms with Crippen LogP contribution in [0.15, 0.2) is 0 Å². The molecule has 34 valence electrons. The predicted octanol–water partition coefficient (Wildman–Crippen LogP) is -2.11. The molecule has 0 radical (unpaired) electrons. The fourth-order valence-corrected chi connectivity index (χ4v) is 0. The molecule has 0 atom stereocenters. The van der Waals surface area contributed by atoms with Gasteiger partial charge in [0.05, 0.1) is 0 Å². The van der Waals surface area contributed by atoms with Gasteiger partial charge in [-0.1, -0.05) is 0 Å². The molecule has 0 aliphatic heterocycles. The summed E-state index contributed by atoms with van der Waals surface area (Å²) in [6.45, 7) is 0. The van der Waals surface area contributed by atoms with E-state index in [1.54, 1.807) is 7.05 Å². The standard InChI is InChI=1S/C2H5NO.Li.H2O.H/c1-3-2-4;;;/h2H,1H3,(H,3,4);;1H2;. The third-order valence-corrected chi connectivity index (χ3v) is 0.118. The fraction of sp³-hybridized carbons (Fsp3) is 0.500. The van der Waals surface area contributed by atoms with Crippen LogP contribution in [0, 0.1) is 0 Å². The van der Waals surface area contributed by atoms with Crippen molar-refractivity contribution in [3.05, 3.63) is 0 Å². The van der Waals surface area contributed by atoms with Crippen LogP contribution in [-0.2, 0) is 4.79 Å². The Kier molecular flexibility index (Phi) is 55.0. The van der Waals surface area contributed by atoms with Crippen LogP contribution in [-0.4, -0.2) is 37.8 Å². The number of nitrogens with one attached hydrogen (secondary N) is 1. The van der Waals surface area contributed by atoms with Crippen molar-refractivity contribution in [3.63, 3.8) is 0 Å². The summed E-state index contributed by atoms with van der Waals surface area (Å²) >= 11 is 0. The van der Waals surface area contributed by atoms with Crippen LogP contribution in [0.1, 0.15) is 0 Å². The molecule has 0 saturated carbocycles. The molecule has 0 aromatic carbocycles. The molecule has 4 heteroatoms. The Morgan fingerprint density at radius 3 is 1.83 bits per heavy atom. The molecule has 3 nitrogen and oxygen atoms in total. The Morgan fingerprint density at radius 2 is 1.83 bits per heavy atom. The summed E-state index contributed by atoms with van der Waals surface area (Å²) in [4.78, 5) is 9.06. The van der Waals surface area contributed by atoms with Gasteiger partial charge in [-0.2, -0.15) is 0 Å². The minimum atomic E-state index is 0. The second kappa shape index (κ2) is 19.8. The zero-order valence-corrected chi connectivity index (χ0v) is 2.99. The third kappa shape index (κ3) is 35.0. The number of carbonyl (C=O) groups is 1. The molecule has 0 aliphatic carbocycles. The summed E-state index contributed by atoms with van der Waals surface area (Å²) in [7, 11) is 1.56. The van der Waals surface area contributed by atoms with Crippen LogP contribution in [0.2, 0.25) is 0 Å². The minimum absolute atomic E-state index is 0. The van der Waals surface area contributed by atoms with E-state index in [1.165, 1.54) is 0 Å². The molecule has 0 aliphatic rings. The quantitative estimate of drug-likeness (QED) is 0.287. The van der Waals surface area contributed by atoms with Gasteiger partial charge in [0.2, 0.25) is 6.41 Å². The van der Waals surface area contributed by atoms with E-state index in [2.05, 4.69) is 5.32 Å². The first-order valence-corrected chi connectivity index (χ1v) is 1.02. The summed E-state index contributed by atoms with van der Waals surface area (Å²) in [5, 5.41) is 2.25. The number of hydrogen-bond donors (Lipinski definition) is 1. The van der Waals surface area contributed by atoms with Crippen molar-refractivity contribution in [1.82, 2.24) is 5.32 Å². The molecule has 0 rings (SSSR count). The Balaban J connectivity index is -0.0000000450. The van der Waals surface area contributed by atoms with E-state index in [9.17, 15) is 0 Å². The van der Waals surface area contributed by atoms with Gasteiger partial charge >= 0.3 is 18.9 Å². The first-order valence-electron chi connectivity index (χ1n) is 1.02. The predicted molar refractivity (Wildman–Crippen MR) is 25.9 cm³/mol. The monoisotopic (exact) mass is 85.1 g/mol. The average molecular weight is 85.0 g/mol. The van der Waals surface area contributed by atoms with Crippen molar-refractivity contribution >= 4 is 25.3 Å². The summed E-state index contributed by atoms with van der Waals surface area (Å²) in [6, 6.07) is 0. The van der Waals surface area contributed by atoms with Crippen LogP contribution >= 0.6 is 0 Å². The second-order valence-electron chi connectivity index (χ2n) is 0.407. The normalized spacial score (nSPS) is 3.50. The van der Waals surface area contributed by atoms with E-state index >= 15 is 0 Å². The Labute approximate surface area is 48.6 Å². The molecule has 0 spiro atoms. The van der Waals surface area contributed by atoms with Crippen molar-refractivity contribution in [2.75, 3.05) is 7.05 Å². The Bertz CT molecular complexity index is 25.5. The Hall–Kier alpha value is 0.0274. The fourth-order valence-electron chi connectivity index (χ4n) is 0. The molecular weight excluding hydrogens is 77.0 g/mol. The summed E-state index contributed by atoms with van der Waals surface area (Å²) < 4.78 is 0. The molecule has 0 aromatic heterocycles. The topological polar surface area (TPSA) is 60.6 Å². The van der Waals surface area contributed by atoms with Gasteiger partial charge in [0, 0.05) is 7.05 Å². The maximum atomic E-state index is 9.06. The van der Waals surface area contributed by atoms with E-state index in [1.807, 2.05) is 0 Å². The van der Waals surface area contributed by atoms with Crippen molar-refractivity contribution in [2.24, 2.45) is 0 Å². The van der Waals surface area contributed by atoms with Gasteiger partial charge in [-0.3, -0.25) is 4.79 Å².